The molecule has 33 heavy (non-hydrogen) atoms. The van der Waals surface area contributed by atoms with Crippen molar-refractivity contribution in [2.45, 2.75) is 13.8 Å². The fraction of sp³-hybridized carbons (Fsp3) is 0.240. The molecule has 0 unspecified atom stereocenters. The summed E-state index contributed by atoms with van der Waals surface area (Å²) in [4.78, 5) is 30.2. The van der Waals surface area contributed by atoms with E-state index in [1.54, 1.807) is 6.92 Å². The van der Waals surface area contributed by atoms with E-state index >= 15 is 0 Å². The Kier molecular flexibility index (Phi) is 5.60. The third-order valence-electron chi connectivity index (χ3n) is 5.98. The summed E-state index contributed by atoms with van der Waals surface area (Å²) in [5, 5.41) is 8.65. The van der Waals surface area contributed by atoms with Crippen molar-refractivity contribution in [2.75, 3.05) is 36.4 Å². The lowest BCUT2D eigenvalue weighted by Crippen LogP contribution is -2.48. The number of fused-ring (bicyclic) bond motifs is 1. The molecule has 1 aliphatic heterocycles. The second-order valence-electron chi connectivity index (χ2n) is 8.16. The molecule has 2 aromatic heterocycles. The van der Waals surface area contributed by atoms with Crippen LogP contribution in [-0.2, 0) is 4.79 Å². The van der Waals surface area contributed by atoms with Crippen LogP contribution in [0.5, 0.6) is 0 Å². The van der Waals surface area contributed by atoms with E-state index in [9.17, 15) is 9.59 Å². The monoisotopic (exact) mass is 459 g/mol. The third kappa shape index (κ3) is 4.21. The molecule has 0 saturated carbocycles. The van der Waals surface area contributed by atoms with Crippen molar-refractivity contribution in [2.24, 2.45) is 0 Å². The summed E-state index contributed by atoms with van der Waals surface area (Å²) in [7, 11) is 0. The van der Waals surface area contributed by atoms with Crippen molar-refractivity contribution in [1.29, 1.82) is 0 Å². The predicted octanol–water partition coefficient (Wildman–Crippen LogP) is 4.32. The number of hydrogen-bond donors (Lipinski definition) is 1. The Bertz CT molecular complexity index is 1300. The molecule has 0 radical (unpaired) electrons. The highest BCUT2D eigenvalue weighted by molar-refractivity contribution is 7.20. The Hall–Kier alpha value is -3.65. The Balaban J connectivity index is 1.29. The van der Waals surface area contributed by atoms with Crippen molar-refractivity contribution in [3.8, 4) is 5.69 Å². The first-order chi connectivity index (χ1) is 16.0. The van der Waals surface area contributed by atoms with Crippen LogP contribution in [0.3, 0.4) is 0 Å². The largest absolute Gasteiger partial charge is 0.368 e. The molecule has 7 nitrogen and oxygen atoms in total. The van der Waals surface area contributed by atoms with Crippen molar-refractivity contribution in [1.82, 2.24) is 14.7 Å². The van der Waals surface area contributed by atoms with Gasteiger partial charge in [-0.2, -0.15) is 5.10 Å². The van der Waals surface area contributed by atoms with E-state index in [-0.39, 0.29) is 11.8 Å². The van der Waals surface area contributed by atoms with E-state index < -0.39 is 0 Å². The molecular weight excluding hydrogens is 434 g/mol. The Morgan fingerprint density at radius 2 is 1.64 bits per heavy atom. The van der Waals surface area contributed by atoms with Gasteiger partial charge < -0.3 is 15.1 Å². The van der Waals surface area contributed by atoms with Gasteiger partial charge in [-0.15, -0.1) is 11.3 Å². The molecule has 0 atom stereocenters. The van der Waals surface area contributed by atoms with Gasteiger partial charge in [0.2, 0.25) is 5.91 Å². The van der Waals surface area contributed by atoms with Crippen LogP contribution in [0.4, 0.5) is 11.4 Å². The van der Waals surface area contributed by atoms with Crippen LogP contribution in [0.25, 0.3) is 15.9 Å². The molecule has 4 aromatic rings. The number of hydrogen-bond acceptors (Lipinski definition) is 5. The summed E-state index contributed by atoms with van der Waals surface area (Å²) in [5.74, 6) is -0.00125. The van der Waals surface area contributed by atoms with Gasteiger partial charge in [-0.05, 0) is 49.4 Å². The number of benzene rings is 2. The summed E-state index contributed by atoms with van der Waals surface area (Å²) >= 11 is 1.44. The van der Waals surface area contributed by atoms with Crippen LogP contribution in [0, 0.1) is 6.92 Å². The highest BCUT2D eigenvalue weighted by Crippen LogP contribution is 2.31. The lowest BCUT2D eigenvalue weighted by molar-refractivity contribution is -0.129. The molecule has 0 spiro atoms. The summed E-state index contributed by atoms with van der Waals surface area (Å²) in [6.45, 7) is 6.67. The van der Waals surface area contributed by atoms with Crippen LogP contribution in [-0.4, -0.2) is 52.7 Å². The fourth-order valence-corrected chi connectivity index (χ4v) is 5.21. The quantitative estimate of drug-likeness (QED) is 0.494. The molecule has 1 saturated heterocycles. The first-order valence-corrected chi connectivity index (χ1v) is 11.8. The molecule has 5 rings (SSSR count). The van der Waals surface area contributed by atoms with E-state index in [2.05, 4.69) is 15.3 Å². The van der Waals surface area contributed by atoms with Crippen LogP contribution < -0.4 is 10.2 Å². The van der Waals surface area contributed by atoms with E-state index in [0.29, 0.717) is 4.88 Å². The molecule has 8 heteroatoms. The molecule has 2 amide bonds. The predicted molar refractivity (Wildman–Crippen MR) is 133 cm³/mol. The van der Waals surface area contributed by atoms with Gasteiger partial charge in [-0.1, -0.05) is 18.2 Å². The van der Waals surface area contributed by atoms with E-state index in [0.717, 1.165) is 59.2 Å². The van der Waals surface area contributed by atoms with Gasteiger partial charge in [0.25, 0.3) is 5.91 Å². The van der Waals surface area contributed by atoms with Gasteiger partial charge in [0, 0.05) is 49.9 Å². The standard InChI is InChI=1S/C25H25N5O2S/c1-17-22-16-23(33-25(22)30(27-17)21-6-4-3-5-7-21)24(32)26-19-8-10-20(11-9-19)29-14-12-28(13-15-29)18(2)31/h3-11,16H,12-15H2,1-2H3,(H,26,32). The first-order valence-electron chi connectivity index (χ1n) is 11.0. The molecule has 3 heterocycles. The van der Waals surface area contributed by atoms with Crippen molar-refractivity contribution < 1.29 is 9.59 Å². The van der Waals surface area contributed by atoms with Crippen molar-refractivity contribution >= 4 is 44.7 Å². The average molecular weight is 460 g/mol. The minimum Gasteiger partial charge on any atom is -0.368 e. The Morgan fingerprint density at radius 1 is 0.939 bits per heavy atom. The molecule has 0 bridgehead atoms. The van der Waals surface area contributed by atoms with Gasteiger partial charge in [-0.25, -0.2) is 4.68 Å². The highest BCUT2D eigenvalue weighted by atomic mass is 32.1. The van der Waals surface area contributed by atoms with E-state index in [4.69, 9.17) is 0 Å². The molecule has 1 N–H and O–H groups in total. The number of aromatic nitrogens is 2. The number of rotatable bonds is 4. The van der Waals surface area contributed by atoms with Gasteiger partial charge in [-0.3, -0.25) is 9.59 Å². The number of amides is 2. The topological polar surface area (TPSA) is 70.5 Å². The normalized spacial score (nSPS) is 14.0. The summed E-state index contributed by atoms with van der Waals surface area (Å²) < 4.78 is 1.90. The minimum absolute atomic E-state index is 0.126. The minimum atomic E-state index is -0.127. The first kappa shape index (κ1) is 21.2. The van der Waals surface area contributed by atoms with Crippen molar-refractivity contribution in [3.63, 3.8) is 0 Å². The number of para-hydroxylation sites is 1. The zero-order valence-corrected chi connectivity index (χ0v) is 19.4. The zero-order valence-electron chi connectivity index (χ0n) is 18.6. The van der Waals surface area contributed by atoms with E-state index in [1.165, 1.54) is 11.3 Å². The number of thiophene rings is 1. The lowest BCUT2D eigenvalue weighted by atomic mass is 10.2. The number of aryl methyl sites for hydroxylation is 1. The second kappa shape index (κ2) is 8.71. The van der Waals surface area contributed by atoms with Crippen LogP contribution in [0.2, 0.25) is 0 Å². The van der Waals surface area contributed by atoms with Crippen LogP contribution in [0.1, 0.15) is 22.3 Å². The number of nitrogens with zero attached hydrogens (tertiary/aromatic N) is 4. The van der Waals surface area contributed by atoms with Gasteiger partial charge >= 0.3 is 0 Å². The molecule has 168 valence electrons. The fourth-order valence-electron chi connectivity index (χ4n) is 4.13. The zero-order chi connectivity index (χ0) is 22.9. The van der Waals surface area contributed by atoms with Crippen LogP contribution in [0.15, 0.2) is 60.7 Å². The lowest BCUT2D eigenvalue weighted by Gasteiger charge is -2.35. The molecule has 1 fully saturated rings. The highest BCUT2D eigenvalue weighted by Gasteiger charge is 2.20. The number of nitrogens with one attached hydrogen (secondary N) is 1. The number of carbonyl (C=O) groups is 2. The number of piperazine rings is 1. The SMILES string of the molecule is CC(=O)N1CCN(c2ccc(NC(=O)c3cc4c(C)nn(-c5ccccc5)c4s3)cc2)CC1. The maximum Gasteiger partial charge on any atom is 0.265 e. The molecule has 2 aromatic carbocycles. The van der Waals surface area contributed by atoms with Gasteiger partial charge in [0.05, 0.1) is 16.3 Å². The number of carbonyl (C=O) groups excluding carboxylic acids is 2. The average Bonchev–Trinajstić information content (AvgIpc) is 3.41. The third-order valence-corrected chi connectivity index (χ3v) is 7.09. The number of anilines is 2. The summed E-state index contributed by atoms with van der Waals surface area (Å²) in [5.41, 5.74) is 3.73. The van der Waals surface area contributed by atoms with E-state index in [1.807, 2.05) is 77.2 Å². The molecule has 1 aliphatic rings. The van der Waals surface area contributed by atoms with Crippen molar-refractivity contribution in [3.05, 3.63) is 71.2 Å². The maximum atomic E-state index is 12.9. The van der Waals surface area contributed by atoms with Crippen LogP contribution >= 0.6 is 11.3 Å². The molecular formula is C25H25N5O2S. The second-order valence-corrected chi connectivity index (χ2v) is 9.19. The summed E-state index contributed by atoms with van der Waals surface area (Å²) in [6.07, 6.45) is 0. The Morgan fingerprint density at radius 3 is 2.30 bits per heavy atom. The van der Waals surface area contributed by atoms with Gasteiger partial charge in [0.15, 0.2) is 0 Å². The molecule has 0 aliphatic carbocycles. The Labute approximate surface area is 196 Å². The van der Waals surface area contributed by atoms with Gasteiger partial charge in [0.1, 0.15) is 4.83 Å². The maximum absolute atomic E-state index is 12.9. The smallest absolute Gasteiger partial charge is 0.265 e. The summed E-state index contributed by atoms with van der Waals surface area (Å²) in [6, 6.07) is 19.7.